The van der Waals surface area contributed by atoms with Crippen LogP contribution in [0.3, 0.4) is 0 Å². The van der Waals surface area contributed by atoms with Gasteiger partial charge in [-0.15, -0.1) is 0 Å². The van der Waals surface area contributed by atoms with Gasteiger partial charge in [-0.1, -0.05) is 20.8 Å². The lowest BCUT2D eigenvalue weighted by Gasteiger charge is -2.19. The van der Waals surface area contributed by atoms with Crippen LogP contribution in [-0.4, -0.2) is 37.2 Å². The molecule has 0 aromatic rings. The molecule has 0 aromatic carbocycles. The van der Waals surface area contributed by atoms with Crippen molar-refractivity contribution in [1.29, 1.82) is 0 Å². The number of primary amides is 1. The summed E-state index contributed by atoms with van der Waals surface area (Å²) >= 11 is 0. The lowest BCUT2D eigenvalue weighted by atomic mass is 9.94. The largest absolute Gasteiger partial charge is 0.480 e. The van der Waals surface area contributed by atoms with Crippen LogP contribution in [0.25, 0.3) is 0 Å². The van der Waals surface area contributed by atoms with Gasteiger partial charge >= 0.3 is 5.97 Å². The topological polar surface area (TPSA) is 127 Å². The summed E-state index contributed by atoms with van der Waals surface area (Å²) < 4.78 is 25.6. The Morgan fingerprint density at radius 2 is 1.84 bits per heavy atom. The second kappa shape index (κ2) is 6.85. The molecule has 0 fully saturated rings. The van der Waals surface area contributed by atoms with Crippen LogP contribution in [0.1, 0.15) is 40.0 Å². The fraction of sp³-hybridized carbons (Fsp3) is 0.818. The highest BCUT2D eigenvalue weighted by Crippen LogP contribution is 2.19. The number of nitrogens with one attached hydrogen (secondary N) is 1. The summed E-state index contributed by atoms with van der Waals surface area (Å²) in [5.74, 6) is -2.14. The van der Waals surface area contributed by atoms with Crippen molar-refractivity contribution in [2.75, 3.05) is 5.75 Å². The quantitative estimate of drug-likeness (QED) is 0.583. The first-order valence-corrected chi connectivity index (χ1v) is 7.59. The van der Waals surface area contributed by atoms with E-state index in [1.807, 2.05) is 20.8 Å². The molecule has 0 aliphatic rings. The molecule has 0 rings (SSSR count). The van der Waals surface area contributed by atoms with E-state index in [-0.39, 0.29) is 24.0 Å². The SMILES string of the molecule is CC(C)(C)CCS(=O)(=O)N[C@H](CCC(N)=O)C(=O)O. The van der Waals surface area contributed by atoms with Crippen LogP contribution in [0.2, 0.25) is 0 Å². The molecule has 0 saturated carbocycles. The Hall–Kier alpha value is -1.15. The van der Waals surface area contributed by atoms with E-state index < -0.39 is 27.9 Å². The third-order valence-electron chi connectivity index (χ3n) is 2.42. The number of amides is 1. The standard InChI is InChI=1S/C11H22N2O5S/c1-11(2,3)6-7-19(17,18)13-8(10(15)16)4-5-9(12)14/h8,13H,4-7H2,1-3H3,(H2,12,14)(H,15,16)/t8-/m1/s1. The Balaban J connectivity index is 4.56. The summed E-state index contributed by atoms with van der Waals surface area (Å²) in [7, 11) is -3.69. The van der Waals surface area contributed by atoms with Crippen LogP contribution in [0, 0.1) is 5.41 Å². The van der Waals surface area contributed by atoms with Gasteiger partial charge < -0.3 is 10.8 Å². The highest BCUT2D eigenvalue weighted by atomic mass is 32.2. The summed E-state index contributed by atoms with van der Waals surface area (Å²) in [4.78, 5) is 21.5. The number of sulfonamides is 1. The van der Waals surface area contributed by atoms with Gasteiger partial charge in [-0.05, 0) is 18.3 Å². The maximum atomic E-state index is 11.7. The number of carbonyl (C=O) groups excluding carboxylic acids is 1. The number of hydrogen-bond donors (Lipinski definition) is 3. The van der Waals surface area contributed by atoms with Gasteiger partial charge in [0.05, 0.1) is 5.75 Å². The summed E-state index contributed by atoms with van der Waals surface area (Å²) in [6.07, 6.45) is 0.0721. The second-order valence-corrected chi connectivity index (χ2v) is 7.52. The highest BCUT2D eigenvalue weighted by Gasteiger charge is 2.25. The number of nitrogens with two attached hydrogens (primary N) is 1. The molecule has 0 bridgehead atoms. The van der Waals surface area contributed by atoms with Gasteiger partial charge in [0.2, 0.25) is 15.9 Å². The minimum atomic E-state index is -3.69. The molecule has 0 spiro atoms. The number of carbonyl (C=O) groups is 2. The van der Waals surface area contributed by atoms with E-state index in [4.69, 9.17) is 10.8 Å². The first-order valence-electron chi connectivity index (χ1n) is 5.94. The summed E-state index contributed by atoms with van der Waals surface area (Å²) in [6, 6.07) is -1.32. The van der Waals surface area contributed by atoms with Crippen LogP contribution in [0.5, 0.6) is 0 Å². The molecular weight excluding hydrogens is 272 g/mol. The van der Waals surface area contributed by atoms with Crippen molar-refractivity contribution in [3.63, 3.8) is 0 Å². The van der Waals surface area contributed by atoms with Gasteiger partial charge in [0.15, 0.2) is 0 Å². The Kier molecular flexibility index (Phi) is 6.44. The van der Waals surface area contributed by atoms with Crippen molar-refractivity contribution < 1.29 is 23.1 Å². The summed E-state index contributed by atoms with van der Waals surface area (Å²) in [6.45, 7) is 5.68. The zero-order valence-corrected chi connectivity index (χ0v) is 12.3. The number of aliphatic carboxylic acids is 1. The Morgan fingerprint density at radius 1 is 1.32 bits per heavy atom. The third kappa shape index (κ3) is 9.43. The van der Waals surface area contributed by atoms with Crippen LogP contribution in [-0.2, 0) is 19.6 Å². The molecule has 1 amide bonds. The smallest absolute Gasteiger partial charge is 0.321 e. The Labute approximate surface area is 113 Å². The molecule has 4 N–H and O–H groups in total. The van der Waals surface area contributed by atoms with Gasteiger partial charge in [0, 0.05) is 6.42 Å². The zero-order chi connectivity index (χ0) is 15.3. The first-order chi connectivity index (χ1) is 8.43. The molecule has 0 saturated heterocycles. The molecule has 0 aromatic heterocycles. The normalized spacial score (nSPS) is 14.1. The van der Waals surface area contributed by atoms with Crippen LogP contribution in [0.4, 0.5) is 0 Å². The third-order valence-corrected chi connectivity index (χ3v) is 3.81. The average molecular weight is 294 g/mol. The van der Waals surface area contributed by atoms with Crippen molar-refractivity contribution in [2.24, 2.45) is 11.1 Å². The number of rotatable bonds is 8. The molecule has 0 unspecified atom stereocenters. The summed E-state index contributed by atoms with van der Waals surface area (Å²) in [5, 5.41) is 8.90. The molecule has 0 aliphatic carbocycles. The zero-order valence-electron chi connectivity index (χ0n) is 11.5. The van der Waals surface area contributed by atoms with Gasteiger partial charge in [-0.2, -0.15) is 0 Å². The molecule has 0 heterocycles. The number of hydrogen-bond acceptors (Lipinski definition) is 4. The van der Waals surface area contributed by atoms with E-state index in [2.05, 4.69) is 4.72 Å². The lowest BCUT2D eigenvalue weighted by Crippen LogP contribution is -2.42. The number of carboxylic acids is 1. The van der Waals surface area contributed by atoms with Crippen LogP contribution < -0.4 is 10.5 Å². The Morgan fingerprint density at radius 3 is 2.21 bits per heavy atom. The highest BCUT2D eigenvalue weighted by molar-refractivity contribution is 7.89. The van der Waals surface area contributed by atoms with Crippen LogP contribution >= 0.6 is 0 Å². The molecule has 0 aliphatic heterocycles. The number of carboxylic acid groups (broad SMARTS) is 1. The van der Waals surface area contributed by atoms with E-state index in [9.17, 15) is 18.0 Å². The van der Waals surface area contributed by atoms with E-state index in [1.54, 1.807) is 0 Å². The van der Waals surface area contributed by atoms with Gasteiger partial charge in [0.25, 0.3) is 0 Å². The average Bonchev–Trinajstić information content (AvgIpc) is 2.20. The van der Waals surface area contributed by atoms with Crippen molar-refractivity contribution in [3.05, 3.63) is 0 Å². The molecule has 0 radical (unpaired) electrons. The van der Waals surface area contributed by atoms with Gasteiger partial charge in [-0.3, -0.25) is 9.59 Å². The predicted octanol–water partition coefficient (Wildman–Crippen LogP) is 0.0607. The second-order valence-electron chi connectivity index (χ2n) is 5.64. The van der Waals surface area contributed by atoms with E-state index >= 15 is 0 Å². The van der Waals surface area contributed by atoms with Crippen molar-refractivity contribution in [1.82, 2.24) is 4.72 Å². The molecule has 8 heteroatoms. The van der Waals surface area contributed by atoms with Crippen molar-refractivity contribution in [3.8, 4) is 0 Å². The maximum absolute atomic E-state index is 11.7. The monoisotopic (exact) mass is 294 g/mol. The fourth-order valence-electron chi connectivity index (χ4n) is 1.24. The van der Waals surface area contributed by atoms with E-state index in [0.717, 1.165) is 0 Å². The maximum Gasteiger partial charge on any atom is 0.321 e. The van der Waals surface area contributed by atoms with Crippen molar-refractivity contribution >= 4 is 21.9 Å². The minimum absolute atomic E-state index is 0.153. The predicted molar refractivity (Wildman–Crippen MR) is 70.8 cm³/mol. The minimum Gasteiger partial charge on any atom is -0.480 e. The van der Waals surface area contributed by atoms with Crippen molar-refractivity contribution in [2.45, 2.75) is 46.1 Å². The van der Waals surface area contributed by atoms with E-state index in [0.29, 0.717) is 6.42 Å². The molecular formula is C11H22N2O5S. The molecule has 112 valence electrons. The van der Waals surface area contributed by atoms with Crippen LogP contribution in [0.15, 0.2) is 0 Å². The molecule has 7 nitrogen and oxygen atoms in total. The fourth-order valence-corrected chi connectivity index (χ4v) is 2.89. The lowest BCUT2D eigenvalue weighted by molar-refractivity contribution is -0.139. The molecule has 1 atom stereocenters. The first kappa shape index (κ1) is 17.8. The van der Waals surface area contributed by atoms with Gasteiger partial charge in [0.1, 0.15) is 6.04 Å². The Bertz CT molecular complexity index is 425. The van der Waals surface area contributed by atoms with E-state index in [1.165, 1.54) is 0 Å². The molecule has 19 heavy (non-hydrogen) atoms. The van der Waals surface area contributed by atoms with Gasteiger partial charge in [-0.25, -0.2) is 13.1 Å². The summed E-state index contributed by atoms with van der Waals surface area (Å²) in [5.41, 5.74) is 4.75.